The summed E-state index contributed by atoms with van der Waals surface area (Å²) in [4.78, 5) is 27.9. The molecule has 1 aliphatic heterocycles. The van der Waals surface area contributed by atoms with Crippen molar-refractivity contribution in [1.29, 1.82) is 0 Å². The first-order valence-electron chi connectivity index (χ1n) is 11.5. The summed E-state index contributed by atoms with van der Waals surface area (Å²) < 4.78 is 1.24. The molecule has 6 heteroatoms. The Morgan fingerprint density at radius 3 is 2.69 bits per heavy atom. The van der Waals surface area contributed by atoms with Gasteiger partial charge in [0, 0.05) is 17.6 Å². The van der Waals surface area contributed by atoms with Gasteiger partial charge in [-0.15, -0.1) is 0 Å². The second-order valence-electron chi connectivity index (χ2n) is 9.17. The lowest BCUT2D eigenvalue weighted by atomic mass is 9.83. The van der Waals surface area contributed by atoms with Crippen molar-refractivity contribution in [3.63, 3.8) is 0 Å². The second-order valence-corrected chi connectivity index (χ2v) is 9.17. The first-order chi connectivity index (χ1) is 15.4. The maximum atomic E-state index is 12.8. The minimum atomic E-state index is -0.710. The van der Waals surface area contributed by atoms with Crippen LogP contribution in [0.15, 0.2) is 59.5 Å². The molecule has 168 valence electrons. The second kappa shape index (κ2) is 9.65. The highest BCUT2D eigenvalue weighted by Crippen LogP contribution is 2.27. The van der Waals surface area contributed by atoms with E-state index in [-0.39, 0.29) is 11.5 Å². The third-order valence-corrected chi connectivity index (χ3v) is 6.78. The zero-order valence-electron chi connectivity index (χ0n) is 19.1. The number of benzene rings is 2. The lowest BCUT2D eigenvalue weighted by Gasteiger charge is -2.34. The monoisotopic (exact) mass is 432 g/mol. The van der Waals surface area contributed by atoms with E-state index in [4.69, 9.17) is 0 Å². The number of hydrogen-bond donors (Lipinski definition) is 1. The Hall–Kier alpha value is -2.99. The summed E-state index contributed by atoms with van der Waals surface area (Å²) in [6, 6.07) is 14.6. The van der Waals surface area contributed by atoms with E-state index in [0.717, 1.165) is 29.3 Å². The van der Waals surface area contributed by atoms with Crippen molar-refractivity contribution in [2.24, 2.45) is 11.8 Å². The Morgan fingerprint density at radius 1 is 1.19 bits per heavy atom. The third kappa shape index (κ3) is 4.91. The molecular formula is C26H32N4O2. The quantitative estimate of drug-likeness (QED) is 0.636. The summed E-state index contributed by atoms with van der Waals surface area (Å²) in [5.74, 6) is 1.25. The SMILES string of the molecule is C[C@@H]1CN(C)CC[C@@H]1CCc1ccc(NC(=O)[C@H](C)n2ncc3ccccc3c2=O)cc1. The van der Waals surface area contributed by atoms with E-state index in [1.54, 1.807) is 19.2 Å². The van der Waals surface area contributed by atoms with Gasteiger partial charge in [0.05, 0.1) is 11.6 Å². The smallest absolute Gasteiger partial charge is 0.275 e. The van der Waals surface area contributed by atoms with E-state index in [1.807, 2.05) is 30.3 Å². The van der Waals surface area contributed by atoms with Crippen LogP contribution < -0.4 is 10.9 Å². The van der Waals surface area contributed by atoms with Crippen molar-refractivity contribution in [3.05, 3.63) is 70.6 Å². The molecule has 0 saturated carbocycles. The van der Waals surface area contributed by atoms with Crippen molar-refractivity contribution in [2.45, 2.75) is 39.2 Å². The third-order valence-electron chi connectivity index (χ3n) is 6.78. The van der Waals surface area contributed by atoms with Gasteiger partial charge in [-0.1, -0.05) is 37.3 Å². The normalized spacial score (nSPS) is 20.2. The number of aryl methyl sites for hydroxylation is 1. The van der Waals surface area contributed by atoms with E-state index in [2.05, 4.69) is 41.4 Å². The Balaban J connectivity index is 1.36. The van der Waals surface area contributed by atoms with Crippen LogP contribution in [0, 0.1) is 11.8 Å². The number of rotatable bonds is 6. The fourth-order valence-electron chi connectivity index (χ4n) is 4.68. The number of nitrogens with one attached hydrogen (secondary N) is 1. The molecule has 0 aliphatic carbocycles. The molecule has 0 bridgehead atoms. The summed E-state index contributed by atoms with van der Waals surface area (Å²) in [6.07, 6.45) is 5.15. The highest BCUT2D eigenvalue weighted by molar-refractivity contribution is 5.93. The molecule has 0 spiro atoms. The Bertz CT molecular complexity index is 1140. The number of carbonyl (C=O) groups is 1. The van der Waals surface area contributed by atoms with Gasteiger partial charge in [0.25, 0.3) is 5.56 Å². The molecule has 1 aliphatic rings. The van der Waals surface area contributed by atoms with Crippen LogP contribution in [0.25, 0.3) is 10.8 Å². The molecule has 3 aromatic rings. The molecule has 1 N–H and O–H groups in total. The van der Waals surface area contributed by atoms with Gasteiger partial charge in [0.2, 0.25) is 5.91 Å². The van der Waals surface area contributed by atoms with Gasteiger partial charge in [-0.25, -0.2) is 4.68 Å². The van der Waals surface area contributed by atoms with Gasteiger partial charge < -0.3 is 10.2 Å². The average molecular weight is 433 g/mol. The van der Waals surface area contributed by atoms with Crippen LogP contribution in [0.3, 0.4) is 0 Å². The van der Waals surface area contributed by atoms with E-state index in [9.17, 15) is 9.59 Å². The molecule has 0 unspecified atom stereocenters. The van der Waals surface area contributed by atoms with Crippen LogP contribution in [0.5, 0.6) is 0 Å². The zero-order valence-corrected chi connectivity index (χ0v) is 19.1. The number of carbonyl (C=O) groups excluding carboxylic acids is 1. The molecule has 1 saturated heterocycles. The molecule has 32 heavy (non-hydrogen) atoms. The van der Waals surface area contributed by atoms with Crippen LogP contribution >= 0.6 is 0 Å². The standard InChI is InChI=1S/C26H32N4O2/c1-18-17-29(3)15-14-21(18)11-8-20-9-12-23(13-10-20)28-25(31)19(2)30-26(32)24-7-5-4-6-22(24)16-27-30/h4-7,9-10,12-13,16,18-19,21H,8,11,14-15,17H2,1-3H3,(H,28,31)/t18-,19+,21+/m1/s1. The van der Waals surface area contributed by atoms with Crippen LogP contribution in [0.1, 0.15) is 38.3 Å². The van der Waals surface area contributed by atoms with Crippen molar-refractivity contribution >= 4 is 22.4 Å². The number of fused-ring (bicyclic) bond motifs is 1. The fourth-order valence-corrected chi connectivity index (χ4v) is 4.68. The van der Waals surface area contributed by atoms with Crippen molar-refractivity contribution in [2.75, 3.05) is 25.5 Å². The molecule has 1 aromatic heterocycles. The van der Waals surface area contributed by atoms with Crippen molar-refractivity contribution in [3.8, 4) is 0 Å². The number of anilines is 1. The fraction of sp³-hybridized carbons (Fsp3) is 0.423. The van der Waals surface area contributed by atoms with Crippen LogP contribution in [-0.4, -0.2) is 40.7 Å². The zero-order chi connectivity index (χ0) is 22.7. The van der Waals surface area contributed by atoms with E-state index >= 15 is 0 Å². The molecule has 3 atom stereocenters. The topological polar surface area (TPSA) is 67.2 Å². The Kier molecular flexibility index (Phi) is 6.70. The van der Waals surface area contributed by atoms with Gasteiger partial charge in [0.15, 0.2) is 0 Å². The minimum absolute atomic E-state index is 0.260. The molecule has 4 rings (SSSR count). The lowest BCUT2D eigenvalue weighted by molar-refractivity contribution is -0.119. The van der Waals surface area contributed by atoms with Gasteiger partial charge >= 0.3 is 0 Å². The lowest BCUT2D eigenvalue weighted by Crippen LogP contribution is -2.36. The number of likely N-dealkylation sites (tertiary alicyclic amines) is 1. The molecule has 2 heterocycles. The highest BCUT2D eigenvalue weighted by atomic mass is 16.2. The summed E-state index contributed by atoms with van der Waals surface area (Å²) in [5, 5.41) is 8.45. The average Bonchev–Trinajstić information content (AvgIpc) is 2.79. The molecule has 6 nitrogen and oxygen atoms in total. The van der Waals surface area contributed by atoms with Crippen LogP contribution in [0.2, 0.25) is 0 Å². The first kappa shape index (κ1) is 22.2. The highest BCUT2D eigenvalue weighted by Gasteiger charge is 2.23. The summed E-state index contributed by atoms with van der Waals surface area (Å²) in [5.41, 5.74) is 1.76. The number of piperidine rings is 1. The Labute approximate surface area is 189 Å². The molecular weight excluding hydrogens is 400 g/mol. The van der Waals surface area contributed by atoms with Crippen LogP contribution in [0.4, 0.5) is 5.69 Å². The largest absolute Gasteiger partial charge is 0.324 e. The number of hydrogen-bond acceptors (Lipinski definition) is 4. The molecule has 1 fully saturated rings. The molecule has 0 radical (unpaired) electrons. The Morgan fingerprint density at radius 2 is 1.94 bits per heavy atom. The van der Waals surface area contributed by atoms with E-state index < -0.39 is 6.04 Å². The number of amides is 1. The molecule has 1 amide bonds. The summed E-state index contributed by atoms with van der Waals surface area (Å²) in [6.45, 7) is 6.42. The maximum absolute atomic E-state index is 12.8. The van der Waals surface area contributed by atoms with Crippen molar-refractivity contribution in [1.82, 2.24) is 14.7 Å². The van der Waals surface area contributed by atoms with Gasteiger partial charge in [-0.2, -0.15) is 5.10 Å². The first-order valence-corrected chi connectivity index (χ1v) is 11.5. The van der Waals surface area contributed by atoms with Crippen molar-refractivity contribution < 1.29 is 4.79 Å². The molecule has 2 aromatic carbocycles. The van der Waals surface area contributed by atoms with Gasteiger partial charge in [0.1, 0.15) is 6.04 Å². The van der Waals surface area contributed by atoms with Crippen LogP contribution in [-0.2, 0) is 11.2 Å². The van der Waals surface area contributed by atoms with E-state index in [1.165, 1.54) is 36.2 Å². The summed E-state index contributed by atoms with van der Waals surface area (Å²) in [7, 11) is 2.20. The maximum Gasteiger partial charge on any atom is 0.275 e. The predicted octanol–water partition coefficient (Wildman–Crippen LogP) is 4.12. The minimum Gasteiger partial charge on any atom is -0.324 e. The van der Waals surface area contributed by atoms with E-state index in [0.29, 0.717) is 5.39 Å². The van der Waals surface area contributed by atoms with Gasteiger partial charge in [-0.3, -0.25) is 9.59 Å². The predicted molar refractivity (Wildman–Crippen MR) is 129 cm³/mol. The van der Waals surface area contributed by atoms with Gasteiger partial charge in [-0.05, 0) is 75.4 Å². The number of aromatic nitrogens is 2. The summed E-state index contributed by atoms with van der Waals surface area (Å²) >= 11 is 0. The number of nitrogens with zero attached hydrogens (tertiary/aromatic N) is 3.